The monoisotopic (exact) mass is 397 g/mol. The summed E-state index contributed by atoms with van der Waals surface area (Å²) >= 11 is 0. The highest BCUT2D eigenvalue weighted by Gasteiger charge is 2.62. The van der Waals surface area contributed by atoms with E-state index in [1.165, 1.54) is 0 Å². The van der Waals surface area contributed by atoms with Crippen LogP contribution in [0.15, 0.2) is 40.0 Å². The summed E-state index contributed by atoms with van der Waals surface area (Å²) in [5.74, 6) is -1.52. The minimum atomic E-state index is -1.61. The summed E-state index contributed by atoms with van der Waals surface area (Å²) in [6, 6.07) is 6.87. The van der Waals surface area contributed by atoms with E-state index in [0.29, 0.717) is 16.9 Å². The molecule has 1 spiro atoms. The van der Waals surface area contributed by atoms with Gasteiger partial charge in [-0.2, -0.15) is 4.98 Å². The standard InChI is InChI=1S/C20H19N3O6/c1-3-27-13(24)9-12-14(17(25)28-4-2)20(18(26)22-12)11-8-6-5-7-10(11)15-16(20)23-19(21)29-15/h5-8H,3-4,9H2,1-2H3,(H2,21,23)(H,22,26). The highest BCUT2D eigenvalue weighted by atomic mass is 16.5. The maximum Gasteiger partial charge on any atom is 0.337 e. The number of ether oxygens (including phenoxy) is 2. The predicted octanol–water partition coefficient (Wildman–Crippen LogP) is 1.42. The fraction of sp³-hybridized carbons (Fsp3) is 0.300. The molecule has 1 amide bonds. The van der Waals surface area contributed by atoms with Gasteiger partial charge in [0.25, 0.3) is 6.01 Å². The van der Waals surface area contributed by atoms with Crippen LogP contribution in [0.25, 0.3) is 11.3 Å². The number of benzene rings is 1. The normalized spacial score (nSPS) is 19.2. The Labute approximate surface area is 165 Å². The van der Waals surface area contributed by atoms with E-state index in [9.17, 15) is 14.4 Å². The summed E-state index contributed by atoms with van der Waals surface area (Å²) in [6.07, 6.45) is -0.291. The van der Waals surface area contributed by atoms with Crippen molar-refractivity contribution in [3.8, 4) is 11.3 Å². The zero-order chi connectivity index (χ0) is 20.8. The van der Waals surface area contributed by atoms with E-state index in [-0.39, 0.29) is 42.6 Å². The van der Waals surface area contributed by atoms with Gasteiger partial charge in [-0.25, -0.2) is 4.79 Å². The molecule has 9 heteroatoms. The number of nitrogens with one attached hydrogen (secondary N) is 1. The number of nitrogens with two attached hydrogens (primary N) is 1. The molecule has 1 aliphatic heterocycles. The molecular weight excluding hydrogens is 378 g/mol. The van der Waals surface area contributed by atoms with Gasteiger partial charge < -0.3 is 24.9 Å². The van der Waals surface area contributed by atoms with Gasteiger partial charge in [0.2, 0.25) is 5.91 Å². The van der Waals surface area contributed by atoms with Gasteiger partial charge in [0.15, 0.2) is 11.2 Å². The van der Waals surface area contributed by atoms with Crippen LogP contribution in [0.2, 0.25) is 0 Å². The molecule has 2 aliphatic rings. The molecule has 0 fully saturated rings. The van der Waals surface area contributed by atoms with Gasteiger partial charge in [0.1, 0.15) is 5.69 Å². The first kappa shape index (κ1) is 18.7. The maximum atomic E-state index is 13.4. The average molecular weight is 397 g/mol. The average Bonchev–Trinajstić information content (AvgIpc) is 3.27. The second kappa shape index (κ2) is 6.77. The molecule has 0 saturated heterocycles. The van der Waals surface area contributed by atoms with Crippen molar-refractivity contribution >= 4 is 23.9 Å². The van der Waals surface area contributed by atoms with Crippen LogP contribution in [-0.4, -0.2) is 36.0 Å². The lowest BCUT2D eigenvalue weighted by Crippen LogP contribution is -2.40. The SMILES string of the molecule is CCOC(=O)CC1=C(C(=O)OCC)C2(C(=O)N1)c1ccccc1-c1oc(N)nc12. The molecule has 0 saturated carbocycles. The van der Waals surface area contributed by atoms with Gasteiger partial charge >= 0.3 is 11.9 Å². The lowest BCUT2D eigenvalue weighted by Gasteiger charge is -2.24. The smallest absolute Gasteiger partial charge is 0.337 e. The molecule has 9 nitrogen and oxygen atoms in total. The molecule has 1 atom stereocenters. The number of anilines is 1. The molecule has 29 heavy (non-hydrogen) atoms. The van der Waals surface area contributed by atoms with Crippen LogP contribution in [0.5, 0.6) is 0 Å². The Hall–Kier alpha value is -3.62. The largest absolute Gasteiger partial charge is 0.466 e. The number of oxazole rings is 1. The zero-order valence-electron chi connectivity index (χ0n) is 15.9. The van der Waals surface area contributed by atoms with Crippen LogP contribution in [0.1, 0.15) is 31.5 Å². The Morgan fingerprint density at radius 1 is 1.21 bits per heavy atom. The summed E-state index contributed by atoms with van der Waals surface area (Å²) in [4.78, 5) is 42.7. The first-order valence-corrected chi connectivity index (χ1v) is 9.19. The highest BCUT2D eigenvalue weighted by molar-refractivity contribution is 6.14. The topological polar surface area (TPSA) is 134 Å². The van der Waals surface area contributed by atoms with Crippen LogP contribution in [0, 0.1) is 0 Å². The van der Waals surface area contributed by atoms with E-state index < -0.39 is 23.3 Å². The first-order chi connectivity index (χ1) is 13.9. The third kappa shape index (κ3) is 2.54. The minimum Gasteiger partial charge on any atom is -0.466 e. The molecule has 1 aromatic carbocycles. The molecule has 1 aliphatic carbocycles. The molecular formula is C20H19N3O6. The quantitative estimate of drug-likeness (QED) is 0.724. The van der Waals surface area contributed by atoms with Gasteiger partial charge in [-0.3, -0.25) is 9.59 Å². The fourth-order valence-corrected chi connectivity index (χ4v) is 3.99. The Bertz CT molecular complexity index is 1070. The van der Waals surface area contributed by atoms with Crippen LogP contribution >= 0.6 is 0 Å². The Balaban J connectivity index is 1.99. The number of nitrogen functional groups attached to an aromatic ring is 1. The molecule has 0 radical (unpaired) electrons. The number of aromatic nitrogens is 1. The molecule has 1 unspecified atom stereocenters. The Morgan fingerprint density at radius 2 is 1.93 bits per heavy atom. The lowest BCUT2D eigenvalue weighted by molar-refractivity contribution is -0.142. The second-order valence-electron chi connectivity index (χ2n) is 6.54. The van der Waals surface area contributed by atoms with Crippen molar-refractivity contribution in [3.63, 3.8) is 0 Å². The van der Waals surface area contributed by atoms with Crippen LogP contribution in [-0.2, 0) is 29.3 Å². The summed E-state index contributed by atoms with van der Waals surface area (Å²) in [5.41, 5.74) is 5.59. The van der Waals surface area contributed by atoms with Crippen molar-refractivity contribution in [2.24, 2.45) is 0 Å². The highest BCUT2D eigenvalue weighted by Crippen LogP contribution is 2.56. The first-order valence-electron chi connectivity index (χ1n) is 9.19. The Kier molecular flexibility index (Phi) is 4.37. The van der Waals surface area contributed by atoms with Gasteiger partial charge in [0.05, 0.1) is 25.2 Å². The van der Waals surface area contributed by atoms with Crippen LogP contribution in [0.3, 0.4) is 0 Å². The van der Waals surface area contributed by atoms with Crippen LogP contribution in [0.4, 0.5) is 6.01 Å². The number of hydrogen-bond donors (Lipinski definition) is 2. The number of rotatable bonds is 5. The number of amides is 1. The van der Waals surface area contributed by atoms with E-state index in [0.717, 1.165) is 0 Å². The summed E-state index contributed by atoms with van der Waals surface area (Å²) in [5, 5.41) is 2.67. The zero-order valence-corrected chi connectivity index (χ0v) is 15.9. The number of fused-ring (bicyclic) bond motifs is 5. The van der Waals surface area contributed by atoms with Crippen molar-refractivity contribution in [1.29, 1.82) is 0 Å². The van der Waals surface area contributed by atoms with E-state index >= 15 is 0 Å². The number of carbonyl (C=O) groups is 3. The number of esters is 2. The molecule has 1 aromatic heterocycles. The lowest BCUT2D eigenvalue weighted by atomic mass is 9.74. The molecule has 4 rings (SSSR count). The van der Waals surface area contributed by atoms with Crippen LogP contribution < -0.4 is 11.1 Å². The minimum absolute atomic E-state index is 0.00287. The number of carbonyl (C=O) groups excluding carboxylic acids is 3. The molecule has 0 bridgehead atoms. The van der Waals surface area contributed by atoms with Gasteiger partial charge in [-0.1, -0.05) is 24.3 Å². The number of nitrogens with zero attached hydrogens (tertiary/aromatic N) is 1. The van der Waals surface area contributed by atoms with Crippen molar-refractivity contribution < 1.29 is 28.3 Å². The van der Waals surface area contributed by atoms with E-state index in [1.807, 2.05) is 0 Å². The summed E-state index contributed by atoms with van der Waals surface area (Å²) in [6.45, 7) is 3.59. The molecule has 3 N–H and O–H groups in total. The van der Waals surface area contributed by atoms with Gasteiger partial charge in [0, 0.05) is 11.3 Å². The molecule has 2 aromatic rings. The summed E-state index contributed by atoms with van der Waals surface area (Å²) < 4.78 is 15.8. The predicted molar refractivity (Wildman–Crippen MR) is 100 cm³/mol. The van der Waals surface area contributed by atoms with E-state index in [2.05, 4.69) is 10.3 Å². The van der Waals surface area contributed by atoms with E-state index in [1.54, 1.807) is 38.1 Å². The molecule has 2 heterocycles. The van der Waals surface area contributed by atoms with E-state index in [4.69, 9.17) is 19.6 Å². The third-order valence-corrected chi connectivity index (χ3v) is 4.96. The molecule has 150 valence electrons. The Morgan fingerprint density at radius 3 is 2.66 bits per heavy atom. The maximum absolute atomic E-state index is 13.4. The van der Waals surface area contributed by atoms with Crippen molar-refractivity contribution in [3.05, 3.63) is 46.8 Å². The van der Waals surface area contributed by atoms with Gasteiger partial charge in [-0.05, 0) is 19.4 Å². The van der Waals surface area contributed by atoms with Crippen molar-refractivity contribution in [1.82, 2.24) is 10.3 Å². The van der Waals surface area contributed by atoms with Gasteiger partial charge in [-0.15, -0.1) is 0 Å². The summed E-state index contributed by atoms with van der Waals surface area (Å²) in [7, 11) is 0. The second-order valence-corrected chi connectivity index (χ2v) is 6.54. The third-order valence-electron chi connectivity index (χ3n) is 4.96. The van der Waals surface area contributed by atoms with Crippen molar-refractivity contribution in [2.75, 3.05) is 18.9 Å². The van der Waals surface area contributed by atoms with Crippen molar-refractivity contribution in [2.45, 2.75) is 25.7 Å². The fourth-order valence-electron chi connectivity index (χ4n) is 3.99. The number of hydrogen-bond acceptors (Lipinski definition) is 8.